The van der Waals surface area contributed by atoms with Crippen LogP contribution in [0.4, 0.5) is 5.82 Å². The molecule has 1 aromatic heterocycles. The second-order valence-corrected chi connectivity index (χ2v) is 9.01. The highest BCUT2D eigenvalue weighted by molar-refractivity contribution is 6.12. The molecule has 4 rings (SSSR count). The maximum absolute atomic E-state index is 10.1. The number of aromatic hydroxyl groups is 1. The quantitative estimate of drug-likeness (QED) is 0.218. The average molecular weight is 503 g/mol. The van der Waals surface area contributed by atoms with Gasteiger partial charge in [-0.3, -0.25) is 5.41 Å². The maximum atomic E-state index is 10.1. The molecule has 0 unspecified atom stereocenters. The minimum atomic E-state index is -0.109. The molecule has 10 nitrogen and oxygen atoms in total. The second kappa shape index (κ2) is 12.9. The number of amidine groups is 1. The fraction of sp³-hybridized carbons (Fsp3) is 0.407. The number of phenols is 1. The smallest absolute Gasteiger partial charge is 0.206 e. The van der Waals surface area contributed by atoms with Gasteiger partial charge in [0.15, 0.2) is 0 Å². The van der Waals surface area contributed by atoms with E-state index in [0.717, 1.165) is 44.8 Å². The first-order chi connectivity index (χ1) is 18.0. The number of nitrogens with two attached hydrogens (primary N) is 1. The van der Waals surface area contributed by atoms with Crippen LogP contribution in [0.25, 0.3) is 0 Å². The third-order valence-electron chi connectivity index (χ3n) is 6.45. The normalized spacial score (nSPS) is 17.0. The average Bonchev–Trinajstić information content (AvgIpc) is 3.17. The lowest BCUT2D eigenvalue weighted by Crippen LogP contribution is -2.35. The Morgan fingerprint density at radius 2 is 1.97 bits per heavy atom. The molecule has 0 radical (unpaired) electrons. The topological polar surface area (TPSA) is 147 Å². The van der Waals surface area contributed by atoms with Crippen LogP contribution in [0.1, 0.15) is 30.7 Å². The molecule has 3 heterocycles. The van der Waals surface area contributed by atoms with Gasteiger partial charge in [0.05, 0.1) is 18.0 Å². The highest BCUT2D eigenvalue weighted by Crippen LogP contribution is 2.20. The fourth-order valence-electron chi connectivity index (χ4n) is 4.45. The summed E-state index contributed by atoms with van der Waals surface area (Å²) < 4.78 is 5.38. The number of phenolic OH excluding ortho intramolecular Hbond substituents is 1. The molecule has 0 aliphatic carbocycles. The summed E-state index contributed by atoms with van der Waals surface area (Å²) in [4.78, 5) is 13.2. The Kier molecular flexibility index (Phi) is 9.08. The van der Waals surface area contributed by atoms with Gasteiger partial charge in [0.2, 0.25) is 5.82 Å². The summed E-state index contributed by atoms with van der Waals surface area (Å²) >= 11 is 0. The van der Waals surface area contributed by atoms with Gasteiger partial charge in [-0.15, -0.1) is 0 Å². The Labute approximate surface area is 217 Å². The number of nitrogens with zero attached hydrogens (tertiary/aromatic N) is 4. The van der Waals surface area contributed by atoms with Gasteiger partial charge >= 0.3 is 0 Å². The van der Waals surface area contributed by atoms with E-state index in [9.17, 15) is 5.11 Å². The van der Waals surface area contributed by atoms with Gasteiger partial charge in [0, 0.05) is 57.2 Å². The Balaban J connectivity index is 1.39. The molecule has 2 saturated heterocycles. The molecule has 2 fully saturated rings. The molecule has 194 valence electrons. The van der Waals surface area contributed by atoms with Gasteiger partial charge in [-0.2, -0.15) is 0 Å². The molecular formula is C27H34N8O2. The summed E-state index contributed by atoms with van der Waals surface area (Å²) in [6.07, 6.45) is 6.13. The molecule has 1 aromatic carbocycles. The summed E-state index contributed by atoms with van der Waals surface area (Å²) in [5.41, 5.74) is 6.89. The SMILES string of the molecule is N=C(N)/C(=C\C(=N)c1ccccc1O)N1CCCN(c2ccnc(C#CCNC3CCOCC3)n2)CC1. The van der Waals surface area contributed by atoms with E-state index < -0.39 is 0 Å². The van der Waals surface area contributed by atoms with Gasteiger partial charge in [0.1, 0.15) is 17.4 Å². The Morgan fingerprint density at radius 1 is 1.16 bits per heavy atom. The molecule has 2 aliphatic rings. The molecule has 0 bridgehead atoms. The van der Waals surface area contributed by atoms with Crippen LogP contribution in [0.15, 0.2) is 48.3 Å². The lowest BCUT2D eigenvalue weighted by molar-refractivity contribution is 0.0791. The Hall–Kier alpha value is -3.94. The molecule has 10 heteroatoms. The largest absolute Gasteiger partial charge is 0.507 e. The second-order valence-electron chi connectivity index (χ2n) is 9.01. The number of ether oxygens (including phenoxy) is 1. The highest BCUT2D eigenvalue weighted by Gasteiger charge is 2.20. The Bertz CT molecular complexity index is 1200. The van der Waals surface area contributed by atoms with Crippen LogP contribution in [0.3, 0.4) is 0 Å². The molecule has 37 heavy (non-hydrogen) atoms. The van der Waals surface area contributed by atoms with E-state index in [2.05, 4.69) is 32.0 Å². The number of para-hydroxylation sites is 1. The first-order valence-corrected chi connectivity index (χ1v) is 12.6. The lowest BCUT2D eigenvalue weighted by atomic mass is 10.1. The zero-order valence-electron chi connectivity index (χ0n) is 20.9. The highest BCUT2D eigenvalue weighted by atomic mass is 16.5. The standard InChI is InChI=1S/C27H34N8O2/c28-22(21-5-1-2-6-24(21)36)19-23(27(29)30)34-13-4-14-35(16-15-34)26-8-12-32-25(33-26)7-3-11-31-20-9-17-37-18-10-20/h1-2,5-6,8,12,19-20,28,31,36H,4,9-11,13-18H2,(H3,29,30)/b23-19+,28-22?. The first kappa shape index (κ1) is 26.1. The van der Waals surface area contributed by atoms with Crippen LogP contribution >= 0.6 is 0 Å². The van der Waals surface area contributed by atoms with Crippen molar-refractivity contribution in [1.29, 1.82) is 10.8 Å². The van der Waals surface area contributed by atoms with E-state index in [4.69, 9.17) is 21.3 Å². The first-order valence-electron chi connectivity index (χ1n) is 12.6. The van der Waals surface area contributed by atoms with E-state index >= 15 is 0 Å². The molecule has 0 amide bonds. The third kappa shape index (κ3) is 7.29. The number of rotatable bonds is 7. The molecular weight excluding hydrogens is 468 g/mol. The van der Waals surface area contributed by atoms with E-state index in [1.807, 2.05) is 11.0 Å². The lowest BCUT2D eigenvalue weighted by Gasteiger charge is -2.26. The summed E-state index contributed by atoms with van der Waals surface area (Å²) in [6.45, 7) is 4.94. The number of anilines is 1. The van der Waals surface area contributed by atoms with Crippen LogP contribution in [-0.4, -0.2) is 83.5 Å². The Morgan fingerprint density at radius 3 is 2.76 bits per heavy atom. The monoisotopic (exact) mass is 502 g/mol. The van der Waals surface area contributed by atoms with Crippen molar-refractivity contribution in [3.8, 4) is 17.6 Å². The van der Waals surface area contributed by atoms with Gasteiger partial charge in [-0.1, -0.05) is 18.1 Å². The summed E-state index contributed by atoms with van der Waals surface area (Å²) in [6, 6.07) is 9.02. The minimum absolute atomic E-state index is 0.0238. The van der Waals surface area contributed by atoms with Crippen molar-refractivity contribution in [2.75, 3.05) is 50.8 Å². The summed E-state index contributed by atoms with van der Waals surface area (Å²) in [7, 11) is 0. The molecule has 0 spiro atoms. The van der Waals surface area contributed by atoms with Crippen LogP contribution in [0.2, 0.25) is 0 Å². The van der Waals surface area contributed by atoms with E-state index in [0.29, 0.717) is 49.3 Å². The fourth-order valence-corrected chi connectivity index (χ4v) is 4.45. The van der Waals surface area contributed by atoms with Crippen molar-refractivity contribution in [2.24, 2.45) is 5.73 Å². The number of hydrogen-bond donors (Lipinski definition) is 5. The van der Waals surface area contributed by atoms with Crippen LogP contribution in [-0.2, 0) is 4.74 Å². The summed E-state index contributed by atoms with van der Waals surface area (Å²) in [5.74, 6) is 7.41. The van der Waals surface area contributed by atoms with E-state index in [1.54, 1.807) is 30.5 Å². The minimum Gasteiger partial charge on any atom is -0.507 e. The van der Waals surface area contributed by atoms with Crippen molar-refractivity contribution >= 4 is 17.4 Å². The van der Waals surface area contributed by atoms with Crippen molar-refractivity contribution in [2.45, 2.75) is 25.3 Å². The van der Waals surface area contributed by atoms with Gasteiger partial charge in [-0.25, -0.2) is 9.97 Å². The van der Waals surface area contributed by atoms with Gasteiger partial charge in [0.25, 0.3) is 0 Å². The van der Waals surface area contributed by atoms with Crippen LogP contribution < -0.4 is 16.0 Å². The van der Waals surface area contributed by atoms with Gasteiger partial charge < -0.3 is 36.1 Å². The predicted octanol–water partition coefficient (Wildman–Crippen LogP) is 1.70. The molecule has 6 N–H and O–H groups in total. The number of allylic oxidation sites excluding steroid dienone is 1. The molecule has 0 atom stereocenters. The van der Waals surface area contributed by atoms with Crippen molar-refractivity contribution in [3.63, 3.8) is 0 Å². The van der Waals surface area contributed by atoms with Crippen LogP contribution in [0.5, 0.6) is 5.75 Å². The zero-order valence-corrected chi connectivity index (χ0v) is 20.9. The number of nitrogens with one attached hydrogen (secondary N) is 3. The van der Waals surface area contributed by atoms with Crippen molar-refractivity contribution in [3.05, 3.63) is 59.7 Å². The van der Waals surface area contributed by atoms with Crippen LogP contribution in [0, 0.1) is 22.7 Å². The number of aromatic nitrogens is 2. The number of benzene rings is 1. The van der Waals surface area contributed by atoms with E-state index in [-0.39, 0.29) is 17.3 Å². The molecule has 0 saturated carbocycles. The molecule has 2 aromatic rings. The predicted molar refractivity (Wildman–Crippen MR) is 144 cm³/mol. The maximum Gasteiger partial charge on any atom is 0.206 e. The van der Waals surface area contributed by atoms with Crippen molar-refractivity contribution < 1.29 is 9.84 Å². The van der Waals surface area contributed by atoms with E-state index in [1.165, 1.54) is 6.07 Å². The summed E-state index contributed by atoms with van der Waals surface area (Å²) in [5, 5.41) is 30.1. The third-order valence-corrected chi connectivity index (χ3v) is 6.45. The number of hydrogen-bond acceptors (Lipinski definition) is 9. The van der Waals surface area contributed by atoms with Gasteiger partial charge in [-0.05, 0) is 49.5 Å². The van der Waals surface area contributed by atoms with Crippen molar-refractivity contribution in [1.82, 2.24) is 20.2 Å². The molecule has 2 aliphatic heterocycles. The zero-order chi connectivity index (χ0) is 26.0.